The number of carbonyl (C=O) groups is 9. The Hall–Kier alpha value is -7.18. The van der Waals surface area contributed by atoms with Gasteiger partial charge in [0.2, 0.25) is 17.7 Å². The van der Waals surface area contributed by atoms with Gasteiger partial charge in [0, 0.05) is 37.7 Å². The van der Waals surface area contributed by atoms with Crippen LogP contribution in [0.3, 0.4) is 0 Å². The Morgan fingerprint density at radius 1 is 0.716 bits per heavy atom. The van der Waals surface area contributed by atoms with Gasteiger partial charge < -0.3 is 31.1 Å². The molecular formula is C48H64N8O11. The molecule has 0 saturated carbocycles. The van der Waals surface area contributed by atoms with Crippen molar-refractivity contribution in [2.45, 2.75) is 99.3 Å². The van der Waals surface area contributed by atoms with E-state index in [4.69, 9.17) is 0 Å². The average molecular weight is 929 g/mol. The zero-order chi connectivity index (χ0) is 50.2. The lowest BCUT2D eigenvalue weighted by Crippen LogP contribution is -2.61. The molecule has 0 aliphatic rings. The molecule has 67 heavy (non-hydrogen) atoms. The number of imide groups is 1. The van der Waals surface area contributed by atoms with Gasteiger partial charge in [-0.05, 0) is 53.7 Å². The first-order valence-corrected chi connectivity index (χ1v) is 22.0. The lowest BCUT2D eigenvalue weighted by atomic mass is 9.84. The van der Waals surface area contributed by atoms with E-state index in [1.54, 1.807) is 70.2 Å². The summed E-state index contributed by atoms with van der Waals surface area (Å²) in [6.45, 7) is 13.2. The second-order valence-electron chi connectivity index (χ2n) is 18.4. The van der Waals surface area contributed by atoms with Gasteiger partial charge in [-0.25, -0.2) is 20.2 Å². The fourth-order valence-corrected chi connectivity index (χ4v) is 7.11. The highest BCUT2D eigenvalue weighted by Crippen LogP contribution is 2.26. The number of nitrogens with zero attached hydrogens (tertiary/aromatic N) is 4. The van der Waals surface area contributed by atoms with E-state index < -0.39 is 96.3 Å². The molecule has 0 fully saturated rings. The van der Waals surface area contributed by atoms with Crippen LogP contribution in [-0.4, -0.2) is 122 Å². The SMILES string of the molecule is CC(C)[C@H](NC(=O)c1ccc2ccccc2n1)C(=O)N[C@@H](CC(=O)O)C(=O)N[C@H](C(=O)N(CC[C@@H](C)CC(C)(C)C)C(=O)NN(CC(=O)O)C(=O)/C=C/C(=O)N(C)Cc1ccccc1)C(C)C. The van der Waals surface area contributed by atoms with Crippen LogP contribution < -0.4 is 21.4 Å². The molecule has 0 spiro atoms. The molecule has 4 atom stereocenters. The van der Waals surface area contributed by atoms with Crippen LogP contribution in [0.15, 0.2) is 78.9 Å². The Labute approximate surface area is 390 Å². The third-order valence-corrected chi connectivity index (χ3v) is 10.4. The van der Waals surface area contributed by atoms with Crippen molar-refractivity contribution in [2.24, 2.45) is 23.2 Å². The number of para-hydroxylation sites is 1. The van der Waals surface area contributed by atoms with Crippen molar-refractivity contribution in [3.8, 4) is 0 Å². The third-order valence-electron chi connectivity index (χ3n) is 10.4. The molecule has 0 aliphatic carbocycles. The molecule has 6 N–H and O–H groups in total. The van der Waals surface area contributed by atoms with Gasteiger partial charge in [0.15, 0.2) is 0 Å². The van der Waals surface area contributed by atoms with Gasteiger partial charge in [0.1, 0.15) is 30.4 Å². The second kappa shape index (κ2) is 24.9. The first kappa shape index (κ1) is 54.2. The smallest absolute Gasteiger partial charge is 0.343 e. The summed E-state index contributed by atoms with van der Waals surface area (Å²) < 4.78 is 0. The first-order chi connectivity index (χ1) is 31.4. The predicted octanol–water partition coefficient (Wildman–Crippen LogP) is 4.13. The molecule has 0 saturated heterocycles. The summed E-state index contributed by atoms with van der Waals surface area (Å²) in [4.78, 5) is 126. The maximum absolute atomic E-state index is 14.5. The zero-order valence-electron chi connectivity index (χ0n) is 39.6. The van der Waals surface area contributed by atoms with Crippen LogP contribution in [0.5, 0.6) is 0 Å². The molecule has 362 valence electrons. The Kier molecular flexibility index (Phi) is 20.1. The van der Waals surface area contributed by atoms with Crippen molar-refractivity contribution < 1.29 is 53.4 Å². The number of urea groups is 1. The van der Waals surface area contributed by atoms with Gasteiger partial charge in [-0.2, -0.15) is 0 Å². The Bertz CT molecular complexity index is 2290. The number of likely N-dealkylation sites (N-methyl/N-ethyl adjacent to an activating group) is 1. The molecular weight excluding hydrogens is 865 g/mol. The molecule has 3 rings (SSSR count). The molecule has 3 aromatic rings. The van der Waals surface area contributed by atoms with E-state index in [9.17, 15) is 53.4 Å². The number of aromatic nitrogens is 1. The summed E-state index contributed by atoms with van der Waals surface area (Å²) in [5.41, 5.74) is 3.41. The number of hydrazine groups is 1. The summed E-state index contributed by atoms with van der Waals surface area (Å²) in [7, 11) is 1.50. The van der Waals surface area contributed by atoms with E-state index in [0.717, 1.165) is 28.0 Å². The van der Waals surface area contributed by atoms with E-state index in [-0.39, 0.29) is 36.5 Å². The molecule has 1 heterocycles. The number of carboxylic acid groups (broad SMARTS) is 2. The van der Waals surface area contributed by atoms with Crippen molar-refractivity contribution in [1.29, 1.82) is 0 Å². The van der Waals surface area contributed by atoms with Crippen molar-refractivity contribution >= 4 is 64.3 Å². The average Bonchev–Trinajstić information content (AvgIpc) is 3.24. The van der Waals surface area contributed by atoms with Crippen molar-refractivity contribution in [1.82, 2.24) is 41.2 Å². The fourth-order valence-electron chi connectivity index (χ4n) is 7.11. The number of hydrogen-bond acceptors (Lipinski definition) is 10. The minimum absolute atomic E-state index is 0.0148. The minimum atomic E-state index is -1.77. The van der Waals surface area contributed by atoms with Crippen LogP contribution in [0.1, 0.15) is 90.7 Å². The summed E-state index contributed by atoms with van der Waals surface area (Å²) in [6.07, 6.45) is 1.70. The summed E-state index contributed by atoms with van der Waals surface area (Å²) in [5.74, 6) is -9.75. The molecule has 0 aliphatic heterocycles. The largest absolute Gasteiger partial charge is 0.481 e. The molecule has 0 unspecified atom stereocenters. The number of hydrogen-bond donors (Lipinski definition) is 6. The molecule has 1 aromatic heterocycles. The van der Waals surface area contributed by atoms with Crippen molar-refractivity contribution in [2.75, 3.05) is 20.1 Å². The Balaban J connectivity index is 1.88. The maximum Gasteiger partial charge on any atom is 0.343 e. The number of carboxylic acids is 2. The van der Waals surface area contributed by atoms with E-state index in [0.29, 0.717) is 16.9 Å². The lowest BCUT2D eigenvalue weighted by molar-refractivity contribution is -0.144. The number of amides is 8. The van der Waals surface area contributed by atoms with Crippen molar-refractivity contribution in [3.63, 3.8) is 0 Å². The third kappa shape index (κ3) is 17.6. The van der Waals surface area contributed by atoms with Gasteiger partial charge in [0.25, 0.3) is 17.7 Å². The Morgan fingerprint density at radius 3 is 1.93 bits per heavy atom. The van der Waals surface area contributed by atoms with Crippen LogP contribution in [0, 0.1) is 23.2 Å². The normalized spacial score (nSPS) is 13.2. The van der Waals surface area contributed by atoms with Crippen LogP contribution in [0.2, 0.25) is 0 Å². The number of pyridine rings is 1. The topological polar surface area (TPSA) is 265 Å². The van der Waals surface area contributed by atoms with E-state index in [1.807, 2.05) is 45.9 Å². The van der Waals surface area contributed by atoms with Gasteiger partial charge in [-0.15, -0.1) is 0 Å². The maximum atomic E-state index is 14.5. The van der Waals surface area contributed by atoms with Crippen LogP contribution in [0.25, 0.3) is 10.9 Å². The fraction of sp³-hybridized carbons (Fsp3) is 0.458. The number of rotatable bonds is 21. The van der Waals surface area contributed by atoms with Gasteiger partial charge >= 0.3 is 18.0 Å². The summed E-state index contributed by atoms with van der Waals surface area (Å²) in [5, 5.41) is 28.2. The highest BCUT2D eigenvalue weighted by atomic mass is 16.4. The van der Waals surface area contributed by atoms with Crippen LogP contribution in [0.4, 0.5) is 4.79 Å². The van der Waals surface area contributed by atoms with Gasteiger partial charge in [0.05, 0.1) is 11.9 Å². The minimum Gasteiger partial charge on any atom is -0.481 e. The highest BCUT2D eigenvalue weighted by Gasteiger charge is 2.37. The standard InChI is InChI=1S/C48H64N8O11/c1-29(2)41(51-43(63)35-20-19-33-17-13-14-18-34(33)49-35)45(65)50-36(25-39(59)60)44(64)52-42(30(3)4)46(66)55(24-23-31(5)26-48(6,7)8)47(67)53-56(28-40(61)62)38(58)22-21-37(57)54(9)27-32-15-11-10-12-16-32/h10-22,29-31,36,41-42H,23-28H2,1-9H3,(H,50,65)(H,51,63)(H,52,64)(H,53,67)(H,59,60)(H,61,62)/b22-21+/t31-,36+,41+,42+/m1/s1. The first-order valence-electron chi connectivity index (χ1n) is 22.0. The molecule has 0 radical (unpaired) electrons. The molecule has 19 nitrogen and oxygen atoms in total. The van der Waals surface area contributed by atoms with Crippen LogP contribution in [-0.2, 0) is 40.1 Å². The molecule has 2 aromatic carbocycles. The van der Waals surface area contributed by atoms with Crippen molar-refractivity contribution in [3.05, 3.63) is 90.1 Å². The second-order valence-corrected chi connectivity index (χ2v) is 18.4. The number of benzene rings is 2. The quantitative estimate of drug-likeness (QED) is 0.0651. The van der Waals surface area contributed by atoms with E-state index >= 15 is 0 Å². The number of nitrogens with one attached hydrogen (secondary N) is 4. The van der Waals surface area contributed by atoms with Gasteiger partial charge in [-0.1, -0.05) is 110 Å². The number of fused-ring (bicyclic) bond motifs is 1. The predicted molar refractivity (Wildman–Crippen MR) is 248 cm³/mol. The molecule has 8 amide bonds. The van der Waals surface area contributed by atoms with Gasteiger partial charge in [-0.3, -0.25) is 43.3 Å². The Morgan fingerprint density at radius 2 is 1.33 bits per heavy atom. The summed E-state index contributed by atoms with van der Waals surface area (Å²) >= 11 is 0. The number of aliphatic carboxylic acids is 2. The molecule has 19 heteroatoms. The zero-order valence-corrected chi connectivity index (χ0v) is 39.6. The lowest BCUT2D eigenvalue weighted by Gasteiger charge is -2.32. The highest BCUT2D eigenvalue weighted by molar-refractivity contribution is 6.03. The molecule has 0 bridgehead atoms. The number of carbonyl (C=O) groups excluding carboxylic acids is 7. The van der Waals surface area contributed by atoms with E-state index in [2.05, 4.69) is 26.4 Å². The van der Waals surface area contributed by atoms with Crippen LogP contribution >= 0.6 is 0 Å². The van der Waals surface area contributed by atoms with E-state index in [1.165, 1.54) is 18.0 Å². The monoisotopic (exact) mass is 928 g/mol. The summed E-state index contributed by atoms with van der Waals surface area (Å²) in [6, 6.07) is 13.5.